The van der Waals surface area contributed by atoms with E-state index in [1.807, 2.05) is 0 Å². The summed E-state index contributed by atoms with van der Waals surface area (Å²) in [5, 5.41) is 2.18. The van der Waals surface area contributed by atoms with Crippen LogP contribution in [0.1, 0.15) is 24.0 Å². The number of fused-ring (bicyclic) bond motifs is 1. The topological polar surface area (TPSA) is 58.5 Å². The van der Waals surface area contributed by atoms with Crippen molar-refractivity contribution in [2.24, 2.45) is 4.40 Å². The molecule has 1 heterocycles. The first kappa shape index (κ1) is 15.9. The van der Waals surface area contributed by atoms with Gasteiger partial charge in [0.05, 0.1) is 5.69 Å². The first-order valence-electron chi connectivity index (χ1n) is 6.65. The maximum Gasteiger partial charge on any atom is 0.287 e. The molecule has 2 aromatic rings. The van der Waals surface area contributed by atoms with Gasteiger partial charge in [-0.2, -0.15) is 8.42 Å². The van der Waals surface area contributed by atoms with Crippen LogP contribution in [-0.4, -0.2) is 13.7 Å². The molecule has 0 radical (unpaired) electrons. The summed E-state index contributed by atoms with van der Waals surface area (Å²) in [5.74, 6) is -1.89. The van der Waals surface area contributed by atoms with Crippen molar-refractivity contribution in [1.29, 1.82) is 0 Å². The number of nitrogens with one attached hydrogen (secondary N) is 1. The summed E-state index contributed by atoms with van der Waals surface area (Å²) in [6, 6.07) is 8.07. The molecule has 1 aliphatic heterocycles. The maximum atomic E-state index is 14.4. The predicted molar refractivity (Wildman–Crippen MR) is 84.4 cm³/mol. The summed E-state index contributed by atoms with van der Waals surface area (Å²) in [5.41, 5.74) is 0.252. The van der Waals surface area contributed by atoms with Gasteiger partial charge in [0.15, 0.2) is 0 Å². The molecule has 1 atom stereocenters. The van der Waals surface area contributed by atoms with E-state index in [4.69, 9.17) is 11.6 Å². The molecular weight excluding hydrogens is 346 g/mol. The van der Waals surface area contributed by atoms with Gasteiger partial charge in [-0.15, -0.1) is 4.40 Å². The summed E-state index contributed by atoms with van der Waals surface area (Å²) in [4.78, 5) is -0.193. The smallest absolute Gasteiger partial charge is 0.287 e. The van der Waals surface area contributed by atoms with Crippen molar-refractivity contribution >= 4 is 32.6 Å². The molecule has 0 aliphatic carbocycles. The lowest BCUT2D eigenvalue weighted by molar-refractivity contribution is 0.579. The van der Waals surface area contributed by atoms with Gasteiger partial charge in [-0.1, -0.05) is 25.1 Å². The number of halogens is 3. The fraction of sp³-hybridized carbons (Fsp3) is 0.133. The molecule has 0 aromatic heterocycles. The predicted octanol–water partition coefficient (Wildman–Crippen LogP) is 3.83. The summed E-state index contributed by atoms with van der Waals surface area (Å²) in [7, 11) is -4.02. The second-order valence-corrected chi connectivity index (χ2v) is 6.99. The molecule has 120 valence electrons. The Morgan fingerprint density at radius 1 is 1.13 bits per heavy atom. The quantitative estimate of drug-likeness (QED) is 0.832. The molecule has 8 heteroatoms. The van der Waals surface area contributed by atoms with Gasteiger partial charge in [0.25, 0.3) is 10.0 Å². The standard InChI is InChI=1S/C15H11ClF2N2O2S/c1-8(9-4-2-3-5-10(9)17)13-11(18)6-7-12-14(13)19-15(16)20-23(12,21)22/h2-8H,1H3,(H,19,20)/t8-/m1/s1. The number of anilines is 1. The number of rotatable bonds is 2. The minimum Gasteiger partial charge on any atom is -0.328 e. The third kappa shape index (κ3) is 2.70. The Hall–Kier alpha value is -1.99. The normalized spacial score (nSPS) is 17.0. The van der Waals surface area contributed by atoms with Crippen molar-refractivity contribution in [2.45, 2.75) is 17.7 Å². The van der Waals surface area contributed by atoms with E-state index in [1.165, 1.54) is 18.2 Å². The zero-order valence-electron chi connectivity index (χ0n) is 11.8. The highest BCUT2D eigenvalue weighted by atomic mass is 35.5. The van der Waals surface area contributed by atoms with Gasteiger partial charge in [-0.25, -0.2) is 8.78 Å². The SMILES string of the molecule is C[C@H](c1ccccc1F)c1c(F)ccc2c1NC(Cl)=NS2(=O)=O. The van der Waals surface area contributed by atoms with Gasteiger partial charge in [-0.3, -0.25) is 0 Å². The molecule has 3 rings (SSSR count). The summed E-state index contributed by atoms with van der Waals surface area (Å²) >= 11 is 5.70. The highest BCUT2D eigenvalue weighted by Gasteiger charge is 2.30. The van der Waals surface area contributed by atoms with E-state index in [1.54, 1.807) is 13.0 Å². The van der Waals surface area contributed by atoms with E-state index >= 15 is 0 Å². The van der Waals surface area contributed by atoms with Crippen molar-refractivity contribution in [3.63, 3.8) is 0 Å². The molecule has 1 aliphatic rings. The third-order valence-electron chi connectivity index (χ3n) is 3.67. The van der Waals surface area contributed by atoms with Crippen LogP contribution in [0, 0.1) is 11.6 Å². The van der Waals surface area contributed by atoms with Crippen LogP contribution >= 0.6 is 11.6 Å². The van der Waals surface area contributed by atoms with Gasteiger partial charge in [0, 0.05) is 11.5 Å². The van der Waals surface area contributed by atoms with Crippen molar-refractivity contribution in [3.05, 3.63) is 59.2 Å². The fourth-order valence-corrected chi connectivity index (χ4v) is 3.98. The van der Waals surface area contributed by atoms with Crippen LogP contribution in [0.15, 0.2) is 45.7 Å². The van der Waals surface area contributed by atoms with Crippen molar-refractivity contribution in [1.82, 2.24) is 0 Å². The van der Waals surface area contributed by atoms with Crippen LogP contribution < -0.4 is 5.32 Å². The zero-order valence-corrected chi connectivity index (χ0v) is 13.4. The van der Waals surface area contributed by atoms with E-state index in [-0.39, 0.29) is 27.0 Å². The van der Waals surface area contributed by atoms with E-state index in [2.05, 4.69) is 9.71 Å². The molecule has 0 unspecified atom stereocenters. The summed E-state index contributed by atoms with van der Waals surface area (Å²) < 4.78 is 55.8. The van der Waals surface area contributed by atoms with E-state index in [0.717, 1.165) is 12.1 Å². The lowest BCUT2D eigenvalue weighted by Crippen LogP contribution is -2.20. The van der Waals surface area contributed by atoms with Crippen molar-refractivity contribution in [3.8, 4) is 0 Å². The Morgan fingerprint density at radius 2 is 1.83 bits per heavy atom. The molecule has 0 saturated carbocycles. The lowest BCUT2D eigenvalue weighted by Gasteiger charge is -2.23. The van der Waals surface area contributed by atoms with Gasteiger partial charge in [0.2, 0.25) is 5.29 Å². The summed E-state index contributed by atoms with van der Waals surface area (Å²) in [6.45, 7) is 1.59. The molecular formula is C15H11ClF2N2O2S. The average molecular weight is 357 g/mol. The molecule has 4 nitrogen and oxygen atoms in total. The van der Waals surface area contributed by atoms with Crippen LogP contribution in [0.25, 0.3) is 0 Å². The molecule has 0 amide bonds. The number of amidine groups is 1. The maximum absolute atomic E-state index is 14.4. The average Bonchev–Trinajstić information content (AvgIpc) is 2.45. The van der Waals surface area contributed by atoms with Crippen LogP contribution in [0.4, 0.5) is 14.5 Å². The highest BCUT2D eigenvalue weighted by molar-refractivity contribution is 7.90. The van der Waals surface area contributed by atoms with E-state index < -0.39 is 27.6 Å². The highest BCUT2D eigenvalue weighted by Crippen LogP contribution is 2.39. The zero-order chi connectivity index (χ0) is 16.8. The van der Waals surface area contributed by atoms with Crippen LogP contribution in [-0.2, 0) is 10.0 Å². The molecule has 0 spiro atoms. The second-order valence-electron chi connectivity index (χ2n) is 5.06. The number of nitrogens with zero attached hydrogens (tertiary/aromatic N) is 1. The van der Waals surface area contributed by atoms with Gasteiger partial charge in [0.1, 0.15) is 16.5 Å². The monoisotopic (exact) mass is 356 g/mol. The van der Waals surface area contributed by atoms with Crippen molar-refractivity contribution < 1.29 is 17.2 Å². The third-order valence-corrected chi connectivity index (χ3v) is 5.26. The Balaban J connectivity index is 2.25. The second kappa shape index (κ2) is 5.58. The Bertz CT molecular complexity index is 929. The Kier molecular flexibility index (Phi) is 3.85. The lowest BCUT2D eigenvalue weighted by atomic mass is 9.91. The Labute approximate surface area is 136 Å². The van der Waals surface area contributed by atoms with E-state index in [9.17, 15) is 17.2 Å². The molecule has 2 aromatic carbocycles. The largest absolute Gasteiger partial charge is 0.328 e. The molecule has 1 N–H and O–H groups in total. The molecule has 0 saturated heterocycles. The number of sulfonamides is 1. The summed E-state index contributed by atoms with van der Waals surface area (Å²) in [6.07, 6.45) is 0. The van der Waals surface area contributed by atoms with Crippen LogP contribution in [0.5, 0.6) is 0 Å². The first-order valence-corrected chi connectivity index (χ1v) is 8.47. The van der Waals surface area contributed by atoms with Gasteiger partial charge in [-0.05, 0) is 35.4 Å². The van der Waals surface area contributed by atoms with Crippen LogP contribution in [0.3, 0.4) is 0 Å². The van der Waals surface area contributed by atoms with Gasteiger partial charge < -0.3 is 5.32 Å². The van der Waals surface area contributed by atoms with Crippen molar-refractivity contribution in [2.75, 3.05) is 5.32 Å². The minimum absolute atomic E-state index is 0.0132. The number of hydrogen-bond acceptors (Lipinski definition) is 3. The molecule has 0 bridgehead atoms. The van der Waals surface area contributed by atoms with Crippen LogP contribution in [0.2, 0.25) is 0 Å². The van der Waals surface area contributed by atoms with E-state index in [0.29, 0.717) is 0 Å². The minimum atomic E-state index is -4.02. The fourth-order valence-electron chi connectivity index (χ4n) is 2.60. The first-order chi connectivity index (χ1) is 10.8. The van der Waals surface area contributed by atoms with Gasteiger partial charge >= 0.3 is 0 Å². The Morgan fingerprint density at radius 3 is 2.52 bits per heavy atom. The number of benzene rings is 2. The molecule has 0 fully saturated rings. The number of hydrogen-bond donors (Lipinski definition) is 1. The molecule has 23 heavy (non-hydrogen) atoms.